The molecular weight excluding hydrogens is 276 g/mol. The second kappa shape index (κ2) is 6.43. The first-order chi connectivity index (χ1) is 10.6. The lowest BCUT2D eigenvalue weighted by molar-refractivity contribution is -0.137. The SMILES string of the molecule is CC1=C(C(=O)NC(C(=O)N2CCCC2C)C2CCCC2)CC1. The fourth-order valence-electron chi connectivity index (χ4n) is 4.15. The van der Waals surface area contributed by atoms with Crippen molar-refractivity contribution in [1.82, 2.24) is 10.2 Å². The number of carbonyl (C=O) groups excluding carboxylic acids is 2. The van der Waals surface area contributed by atoms with E-state index in [1.165, 1.54) is 18.4 Å². The average Bonchev–Trinajstić information content (AvgIpc) is 3.13. The number of likely N-dealkylation sites (tertiary alicyclic amines) is 1. The second-order valence-corrected chi connectivity index (χ2v) is 7.28. The highest BCUT2D eigenvalue weighted by Crippen LogP contribution is 2.32. The lowest BCUT2D eigenvalue weighted by Gasteiger charge is -2.32. The van der Waals surface area contributed by atoms with Gasteiger partial charge >= 0.3 is 0 Å². The fourth-order valence-corrected chi connectivity index (χ4v) is 4.15. The van der Waals surface area contributed by atoms with Crippen LogP contribution in [0.5, 0.6) is 0 Å². The Morgan fingerprint density at radius 1 is 1.14 bits per heavy atom. The molecule has 0 aromatic carbocycles. The minimum absolute atomic E-state index is 0.000787. The van der Waals surface area contributed by atoms with E-state index in [1.54, 1.807) is 0 Å². The van der Waals surface area contributed by atoms with Gasteiger partial charge in [-0.15, -0.1) is 0 Å². The monoisotopic (exact) mass is 304 g/mol. The molecule has 2 aliphatic carbocycles. The number of allylic oxidation sites excluding steroid dienone is 1. The maximum absolute atomic E-state index is 13.0. The smallest absolute Gasteiger partial charge is 0.247 e. The van der Waals surface area contributed by atoms with E-state index >= 15 is 0 Å². The summed E-state index contributed by atoms with van der Waals surface area (Å²) in [5.41, 5.74) is 2.09. The molecule has 0 aromatic rings. The third-order valence-electron chi connectivity index (χ3n) is 5.80. The fraction of sp³-hybridized carbons (Fsp3) is 0.778. The van der Waals surface area contributed by atoms with Gasteiger partial charge in [-0.3, -0.25) is 9.59 Å². The van der Waals surface area contributed by atoms with Crippen LogP contribution in [0.15, 0.2) is 11.1 Å². The number of nitrogens with one attached hydrogen (secondary N) is 1. The van der Waals surface area contributed by atoms with Crippen LogP contribution in [0.1, 0.15) is 65.2 Å². The summed E-state index contributed by atoms with van der Waals surface area (Å²) >= 11 is 0. The van der Waals surface area contributed by atoms with E-state index in [2.05, 4.69) is 12.2 Å². The molecule has 1 N–H and O–H groups in total. The molecule has 2 fully saturated rings. The van der Waals surface area contributed by atoms with Crippen molar-refractivity contribution < 1.29 is 9.59 Å². The number of nitrogens with zero attached hydrogens (tertiary/aromatic N) is 1. The molecule has 3 aliphatic rings. The van der Waals surface area contributed by atoms with Crippen LogP contribution < -0.4 is 5.32 Å². The first kappa shape index (κ1) is 15.6. The second-order valence-electron chi connectivity index (χ2n) is 7.28. The van der Waals surface area contributed by atoms with E-state index in [-0.39, 0.29) is 17.9 Å². The van der Waals surface area contributed by atoms with Crippen molar-refractivity contribution in [2.24, 2.45) is 5.92 Å². The first-order valence-corrected chi connectivity index (χ1v) is 8.88. The van der Waals surface area contributed by atoms with Crippen LogP contribution in [0.4, 0.5) is 0 Å². The van der Waals surface area contributed by atoms with Crippen molar-refractivity contribution in [3.05, 3.63) is 11.1 Å². The molecular formula is C18H28N2O2. The van der Waals surface area contributed by atoms with E-state index in [1.807, 2.05) is 11.8 Å². The summed E-state index contributed by atoms with van der Waals surface area (Å²) in [6.07, 6.45) is 8.55. The van der Waals surface area contributed by atoms with Gasteiger partial charge in [0.2, 0.25) is 11.8 Å². The Bertz CT molecular complexity index is 491. The van der Waals surface area contributed by atoms with Gasteiger partial charge in [-0.25, -0.2) is 0 Å². The summed E-state index contributed by atoms with van der Waals surface area (Å²) in [5.74, 6) is 0.480. The highest BCUT2D eigenvalue weighted by Gasteiger charge is 2.38. The summed E-state index contributed by atoms with van der Waals surface area (Å²) in [5, 5.41) is 3.10. The predicted octanol–water partition coefficient (Wildman–Crippen LogP) is 2.78. The van der Waals surface area contributed by atoms with Gasteiger partial charge in [-0.05, 0) is 58.3 Å². The Balaban J connectivity index is 1.73. The summed E-state index contributed by atoms with van der Waals surface area (Å²) in [4.78, 5) is 27.4. The molecule has 22 heavy (non-hydrogen) atoms. The minimum atomic E-state index is -0.309. The lowest BCUT2D eigenvalue weighted by atomic mass is 9.88. The van der Waals surface area contributed by atoms with Crippen molar-refractivity contribution in [3.8, 4) is 0 Å². The topological polar surface area (TPSA) is 49.4 Å². The molecule has 2 atom stereocenters. The van der Waals surface area contributed by atoms with Crippen LogP contribution in [-0.2, 0) is 9.59 Å². The van der Waals surface area contributed by atoms with Gasteiger partial charge in [0.05, 0.1) is 0 Å². The molecule has 0 aromatic heterocycles. The predicted molar refractivity (Wildman–Crippen MR) is 86.2 cm³/mol. The number of carbonyl (C=O) groups is 2. The summed E-state index contributed by atoms with van der Waals surface area (Å²) < 4.78 is 0. The normalized spacial score (nSPS) is 27.0. The van der Waals surface area contributed by atoms with Crippen molar-refractivity contribution in [2.45, 2.75) is 77.3 Å². The highest BCUT2D eigenvalue weighted by atomic mass is 16.2. The Labute approximate surface area is 133 Å². The average molecular weight is 304 g/mol. The van der Waals surface area contributed by atoms with Crippen molar-refractivity contribution in [2.75, 3.05) is 6.54 Å². The molecule has 0 radical (unpaired) electrons. The van der Waals surface area contributed by atoms with Crippen LogP contribution in [0.25, 0.3) is 0 Å². The molecule has 3 rings (SSSR count). The zero-order valence-electron chi connectivity index (χ0n) is 13.9. The molecule has 1 saturated heterocycles. The standard InChI is InChI=1S/C18H28N2O2/c1-12-9-10-15(12)17(21)19-16(14-7-3-4-8-14)18(22)20-11-5-6-13(20)2/h13-14,16H,3-11H2,1-2H3,(H,19,21). The van der Waals surface area contributed by atoms with Gasteiger partial charge in [0.25, 0.3) is 0 Å². The van der Waals surface area contributed by atoms with Crippen LogP contribution in [0.2, 0.25) is 0 Å². The van der Waals surface area contributed by atoms with Gasteiger partial charge in [0.15, 0.2) is 0 Å². The third-order valence-corrected chi connectivity index (χ3v) is 5.80. The number of hydrogen-bond acceptors (Lipinski definition) is 2. The molecule has 1 aliphatic heterocycles. The first-order valence-electron chi connectivity index (χ1n) is 8.88. The summed E-state index contributed by atoms with van der Waals surface area (Å²) in [6.45, 7) is 4.99. The maximum Gasteiger partial charge on any atom is 0.247 e. The molecule has 1 heterocycles. The largest absolute Gasteiger partial charge is 0.340 e. The van der Waals surface area contributed by atoms with Gasteiger partial charge in [-0.1, -0.05) is 18.4 Å². The van der Waals surface area contributed by atoms with Crippen LogP contribution in [-0.4, -0.2) is 35.3 Å². The van der Waals surface area contributed by atoms with Crippen molar-refractivity contribution >= 4 is 11.8 Å². The Morgan fingerprint density at radius 2 is 1.86 bits per heavy atom. The maximum atomic E-state index is 13.0. The summed E-state index contributed by atoms with van der Waals surface area (Å²) in [6, 6.07) is 0.00871. The third kappa shape index (κ3) is 2.92. The van der Waals surface area contributed by atoms with E-state index in [0.29, 0.717) is 12.0 Å². The Hall–Kier alpha value is -1.32. The molecule has 2 unspecified atom stereocenters. The Morgan fingerprint density at radius 3 is 2.36 bits per heavy atom. The summed E-state index contributed by atoms with van der Waals surface area (Å²) in [7, 11) is 0. The minimum Gasteiger partial charge on any atom is -0.340 e. The number of amides is 2. The van der Waals surface area contributed by atoms with Crippen molar-refractivity contribution in [3.63, 3.8) is 0 Å². The van der Waals surface area contributed by atoms with Crippen LogP contribution in [0, 0.1) is 5.92 Å². The van der Waals surface area contributed by atoms with Gasteiger partial charge < -0.3 is 10.2 Å². The van der Waals surface area contributed by atoms with Gasteiger partial charge in [0.1, 0.15) is 6.04 Å². The van der Waals surface area contributed by atoms with E-state index in [0.717, 1.165) is 50.6 Å². The van der Waals surface area contributed by atoms with Crippen LogP contribution in [0.3, 0.4) is 0 Å². The van der Waals surface area contributed by atoms with Gasteiger partial charge in [-0.2, -0.15) is 0 Å². The molecule has 0 bridgehead atoms. The Kier molecular flexibility index (Phi) is 4.55. The zero-order chi connectivity index (χ0) is 15.7. The quantitative estimate of drug-likeness (QED) is 0.868. The molecule has 2 amide bonds. The van der Waals surface area contributed by atoms with Crippen molar-refractivity contribution in [1.29, 1.82) is 0 Å². The zero-order valence-corrected chi connectivity index (χ0v) is 13.9. The molecule has 4 nitrogen and oxygen atoms in total. The van der Waals surface area contributed by atoms with E-state index in [4.69, 9.17) is 0 Å². The molecule has 0 spiro atoms. The molecule has 122 valence electrons. The van der Waals surface area contributed by atoms with Gasteiger partial charge in [0, 0.05) is 18.2 Å². The molecule has 4 heteroatoms. The number of rotatable bonds is 4. The lowest BCUT2D eigenvalue weighted by Crippen LogP contribution is -2.53. The van der Waals surface area contributed by atoms with E-state index in [9.17, 15) is 9.59 Å². The molecule has 1 saturated carbocycles. The highest BCUT2D eigenvalue weighted by molar-refractivity contribution is 5.98. The number of hydrogen-bond donors (Lipinski definition) is 1. The van der Waals surface area contributed by atoms with E-state index < -0.39 is 0 Å². The van der Waals surface area contributed by atoms with Crippen LogP contribution >= 0.6 is 0 Å².